The Hall–Kier alpha value is -1.26. The normalized spacial score (nSPS) is 10.1. The number of hydrogen-bond acceptors (Lipinski definition) is 3. The maximum Gasteiger partial charge on any atom is 0.153 e. The molecule has 0 saturated carbocycles. The quantitative estimate of drug-likeness (QED) is 0.886. The van der Waals surface area contributed by atoms with Crippen LogP contribution in [0.15, 0.2) is 41.0 Å². The summed E-state index contributed by atoms with van der Waals surface area (Å²) in [5.74, 6) is 0.630. The zero-order valence-corrected chi connectivity index (χ0v) is 10.6. The standard InChI is InChI=1S/C11H9BrClN3/c12-8-6-7(13)3-4-10(8)16-11-9(14)2-1-5-15-11/h1-6H,14H2,(H,15,16). The van der Waals surface area contributed by atoms with Crippen LogP contribution in [0, 0.1) is 0 Å². The highest BCUT2D eigenvalue weighted by Crippen LogP contribution is 2.29. The Morgan fingerprint density at radius 1 is 1.31 bits per heavy atom. The van der Waals surface area contributed by atoms with Crippen molar-refractivity contribution in [3.63, 3.8) is 0 Å². The molecule has 0 saturated heterocycles. The predicted octanol–water partition coefficient (Wildman–Crippen LogP) is 3.82. The van der Waals surface area contributed by atoms with Crippen LogP contribution in [-0.2, 0) is 0 Å². The smallest absolute Gasteiger partial charge is 0.153 e. The lowest BCUT2D eigenvalue weighted by atomic mass is 10.3. The summed E-state index contributed by atoms with van der Waals surface area (Å²) in [7, 11) is 0. The van der Waals surface area contributed by atoms with Crippen molar-refractivity contribution in [2.75, 3.05) is 11.1 Å². The topological polar surface area (TPSA) is 50.9 Å². The predicted molar refractivity (Wildman–Crippen MR) is 71.1 cm³/mol. The van der Waals surface area contributed by atoms with Gasteiger partial charge in [-0.1, -0.05) is 11.6 Å². The maximum absolute atomic E-state index is 5.85. The van der Waals surface area contributed by atoms with Crippen LogP contribution in [0.1, 0.15) is 0 Å². The fraction of sp³-hybridized carbons (Fsp3) is 0. The van der Waals surface area contributed by atoms with E-state index in [9.17, 15) is 0 Å². The molecular weight excluding hydrogens is 289 g/mol. The summed E-state index contributed by atoms with van der Waals surface area (Å²) in [6.45, 7) is 0. The fourth-order valence-corrected chi connectivity index (χ4v) is 2.02. The molecule has 0 radical (unpaired) electrons. The minimum absolute atomic E-state index is 0.601. The van der Waals surface area contributed by atoms with Gasteiger partial charge in [-0.3, -0.25) is 0 Å². The Morgan fingerprint density at radius 2 is 2.12 bits per heavy atom. The zero-order valence-electron chi connectivity index (χ0n) is 8.24. The third-order valence-electron chi connectivity index (χ3n) is 2.02. The Bertz CT molecular complexity index is 516. The van der Waals surface area contributed by atoms with Crippen LogP contribution in [0.25, 0.3) is 0 Å². The second-order valence-corrected chi connectivity index (χ2v) is 4.48. The molecule has 0 aliphatic rings. The molecule has 1 heterocycles. The summed E-state index contributed by atoms with van der Waals surface area (Å²) in [5, 5.41) is 3.80. The van der Waals surface area contributed by atoms with Crippen molar-refractivity contribution in [1.82, 2.24) is 4.98 Å². The Balaban J connectivity index is 2.31. The SMILES string of the molecule is Nc1cccnc1Nc1ccc(Cl)cc1Br. The number of halogens is 2. The fourth-order valence-electron chi connectivity index (χ4n) is 1.24. The molecule has 3 nitrogen and oxygen atoms in total. The van der Waals surface area contributed by atoms with Crippen LogP contribution in [0.2, 0.25) is 5.02 Å². The Morgan fingerprint density at radius 3 is 2.81 bits per heavy atom. The maximum atomic E-state index is 5.85. The number of nitrogen functional groups attached to an aromatic ring is 1. The van der Waals surface area contributed by atoms with E-state index in [1.165, 1.54) is 0 Å². The van der Waals surface area contributed by atoms with E-state index in [2.05, 4.69) is 26.2 Å². The van der Waals surface area contributed by atoms with Crippen molar-refractivity contribution in [1.29, 1.82) is 0 Å². The van der Waals surface area contributed by atoms with Gasteiger partial charge in [0.25, 0.3) is 0 Å². The van der Waals surface area contributed by atoms with Crippen LogP contribution in [0.4, 0.5) is 17.2 Å². The van der Waals surface area contributed by atoms with E-state index in [1.54, 1.807) is 24.4 Å². The van der Waals surface area contributed by atoms with E-state index in [0.29, 0.717) is 16.5 Å². The molecule has 16 heavy (non-hydrogen) atoms. The number of rotatable bonds is 2. The van der Waals surface area contributed by atoms with Gasteiger partial charge in [0.2, 0.25) is 0 Å². The first kappa shape index (κ1) is 11.2. The average Bonchev–Trinajstić information content (AvgIpc) is 2.25. The van der Waals surface area contributed by atoms with E-state index in [-0.39, 0.29) is 0 Å². The first-order valence-corrected chi connectivity index (χ1v) is 5.76. The molecule has 0 spiro atoms. The highest BCUT2D eigenvalue weighted by atomic mass is 79.9. The summed E-state index contributed by atoms with van der Waals surface area (Å²) in [5.41, 5.74) is 7.25. The zero-order chi connectivity index (χ0) is 11.5. The lowest BCUT2D eigenvalue weighted by molar-refractivity contribution is 1.31. The molecule has 0 aliphatic heterocycles. The minimum atomic E-state index is 0.601. The molecule has 3 N–H and O–H groups in total. The monoisotopic (exact) mass is 297 g/mol. The number of pyridine rings is 1. The second kappa shape index (κ2) is 4.72. The summed E-state index contributed by atoms with van der Waals surface area (Å²) >= 11 is 9.27. The Labute approximate surface area is 107 Å². The number of hydrogen-bond donors (Lipinski definition) is 2. The lowest BCUT2D eigenvalue weighted by Gasteiger charge is -2.09. The van der Waals surface area contributed by atoms with Gasteiger partial charge in [-0.15, -0.1) is 0 Å². The van der Waals surface area contributed by atoms with Crippen molar-refractivity contribution in [2.45, 2.75) is 0 Å². The van der Waals surface area contributed by atoms with Crippen molar-refractivity contribution in [3.05, 3.63) is 46.0 Å². The van der Waals surface area contributed by atoms with Crippen molar-refractivity contribution in [2.24, 2.45) is 0 Å². The average molecular weight is 299 g/mol. The van der Waals surface area contributed by atoms with Gasteiger partial charge in [-0.05, 0) is 46.3 Å². The first-order chi connectivity index (χ1) is 7.66. The highest BCUT2D eigenvalue weighted by molar-refractivity contribution is 9.10. The minimum Gasteiger partial charge on any atom is -0.396 e. The van der Waals surface area contributed by atoms with Gasteiger partial charge < -0.3 is 11.1 Å². The molecule has 0 bridgehead atoms. The second-order valence-electron chi connectivity index (χ2n) is 3.19. The van der Waals surface area contributed by atoms with Crippen molar-refractivity contribution >= 4 is 44.7 Å². The van der Waals surface area contributed by atoms with E-state index < -0.39 is 0 Å². The molecule has 2 rings (SSSR count). The van der Waals surface area contributed by atoms with Crippen molar-refractivity contribution in [3.8, 4) is 0 Å². The largest absolute Gasteiger partial charge is 0.396 e. The summed E-state index contributed by atoms with van der Waals surface area (Å²) in [6.07, 6.45) is 1.68. The molecule has 1 aromatic carbocycles. The van der Waals surface area contributed by atoms with Crippen LogP contribution in [0.3, 0.4) is 0 Å². The van der Waals surface area contributed by atoms with E-state index in [1.807, 2.05) is 12.1 Å². The third-order valence-corrected chi connectivity index (χ3v) is 2.91. The molecule has 0 aliphatic carbocycles. The molecule has 1 aromatic heterocycles. The summed E-state index contributed by atoms with van der Waals surface area (Å²) in [4.78, 5) is 4.15. The van der Waals surface area contributed by atoms with Crippen LogP contribution in [0.5, 0.6) is 0 Å². The van der Waals surface area contributed by atoms with E-state index >= 15 is 0 Å². The number of aromatic nitrogens is 1. The van der Waals surface area contributed by atoms with Gasteiger partial charge in [0.05, 0.1) is 11.4 Å². The van der Waals surface area contributed by atoms with Gasteiger partial charge in [0.1, 0.15) is 0 Å². The van der Waals surface area contributed by atoms with Gasteiger partial charge >= 0.3 is 0 Å². The van der Waals surface area contributed by atoms with Crippen molar-refractivity contribution < 1.29 is 0 Å². The number of nitrogens with zero attached hydrogens (tertiary/aromatic N) is 1. The van der Waals surface area contributed by atoms with Gasteiger partial charge in [0.15, 0.2) is 5.82 Å². The number of nitrogens with one attached hydrogen (secondary N) is 1. The number of anilines is 3. The molecule has 0 unspecified atom stereocenters. The molecule has 2 aromatic rings. The summed E-state index contributed by atoms with van der Waals surface area (Å²) in [6, 6.07) is 9.05. The molecule has 82 valence electrons. The third kappa shape index (κ3) is 2.46. The number of nitrogens with two attached hydrogens (primary N) is 1. The lowest BCUT2D eigenvalue weighted by Crippen LogP contribution is -1.98. The van der Waals surface area contributed by atoms with Gasteiger partial charge in [-0.25, -0.2) is 4.98 Å². The Kier molecular flexibility index (Phi) is 3.31. The van der Waals surface area contributed by atoms with Gasteiger partial charge in [-0.2, -0.15) is 0 Å². The first-order valence-electron chi connectivity index (χ1n) is 4.59. The van der Waals surface area contributed by atoms with Crippen LogP contribution >= 0.6 is 27.5 Å². The highest BCUT2D eigenvalue weighted by Gasteiger charge is 2.04. The van der Waals surface area contributed by atoms with Crippen LogP contribution in [-0.4, -0.2) is 4.98 Å². The summed E-state index contributed by atoms with van der Waals surface area (Å²) < 4.78 is 0.866. The molecule has 0 atom stereocenters. The van der Waals surface area contributed by atoms with E-state index in [0.717, 1.165) is 10.2 Å². The number of benzene rings is 1. The van der Waals surface area contributed by atoms with E-state index in [4.69, 9.17) is 17.3 Å². The van der Waals surface area contributed by atoms with Gasteiger partial charge in [0, 0.05) is 15.7 Å². The molecule has 0 amide bonds. The molecular formula is C11H9BrClN3. The molecule has 0 fully saturated rings. The van der Waals surface area contributed by atoms with Crippen LogP contribution < -0.4 is 11.1 Å². The molecule has 5 heteroatoms.